The van der Waals surface area contributed by atoms with Crippen LogP contribution in [0.5, 0.6) is 5.75 Å². The van der Waals surface area contributed by atoms with Gasteiger partial charge in [0.25, 0.3) is 0 Å². The molecule has 9 nitrogen and oxygen atoms in total. The summed E-state index contributed by atoms with van der Waals surface area (Å²) >= 11 is 0. The molecule has 1 atom stereocenters. The predicted octanol–water partition coefficient (Wildman–Crippen LogP) is 4.89. The van der Waals surface area contributed by atoms with Crippen molar-refractivity contribution in [1.82, 2.24) is 13.7 Å². The van der Waals surface area contributed by atoms with Gasteiger partial charge < -0.3 is 9.47 Å². The standard InChI is InChI=1S/C30H34FN3O6S2/c1-6-39-28(35)17-21-9-7-8-10-27(21)40-19-20-15-24(22-12-14-34(26(22)16-20)42(5,37)38)23-11-13-32-25(29(23)31)18-33-41(36)30(2,3)4/h7-16,33H,6,17-19H2,1-5H3. The topological polar surface area (TPSA) is 117 Å². The summed E-state index contributed by atoms with van der Waals surface area (Å²) in [7, 11) is -5.10. The summed E-state index contributed by atoms with van der Waals surface area (Å²) < 4.78 is 68.1. The number of hydrogen-bond donors (Lipinski definition) is 1. The molecule has 0 saturated heterocycles. The van der Waals surface area contributed by atoms with Gasteiger partial charge in [-0.15, -0.1) is 0 Å². The average Bonchev–Trinajstić information content (AvgIpc) is 3.36. The van der Waals surface area contributed by atoms with Crippen LogP contribution < -0.4 is 9.46 Å². The van der Waals surface area contributed by atoms with Gasteiger partial charge in [-0.05, 0) is 69.2 Å². The number of benzene rings is 2. The third-order valence-electron chi connectivity index (χ3n) is 6.37. The quantitative estimate of drug-likeness (QED) is 0.239. The van der Waals surface area contributed by atoms with Gasteiger partial charge in [-0.1, -0.05) is 18.2 Å². The lowest BCUT2D eigenvalue weighted by molar-refractivity contribution is -0.142. The maximum Gasteiger partial charge on any atom is 0.310 e. The molecule has 0 aliphatic rings. The van der Waals surface area contributed by atoms with Gasteiger partial charge in [0.15, 0.2) is 5.82 Å². The molecule has 224 valence electrons. The van der Waals surface area contributed by atoms with Crippen LogP contribution in [0.3, 0.4) is 0 Å². The molecular formula is C30H34FN3O6S2. The van der Waals surface area contributed by atoms with Crippen LogP contribution >= 0.6 is 0 Å². The zero-order chi connectivity index (χ0) is 30.7. The Morgan fingerprint density at radius 3 is 2.55 bits per heavy atom. The minimum absolute atomic E-state index is 0.0173. The van der Waals surface area contributed by atoms with Crippen molar-refractivity contribution in [3.8, 4) is 16.9 Å². The highest BCUT2D eigenvalue weighted by Gasteiger charge is 2.22. The van der Waals surface area contributed by atoms with Crippen molar-refractivity contribution in [2.75, 3.05) is 12.9 Å². The molecule has 2 heterocycles. The molecule has 4 aromatic rings. The molecule has 0 spiro atoms. The number of hydrogen-bond acceptors (Lipinski definition) is 7. The summed E-state index contributed by atoms with van der Waals surface area (Å²) in [5, 5.41) is 0.522. The Morgan fingerprint density at radius 1 is 1.12 bits per heavy atom. The first-order chi connectivity index (χ1) is 19.8. The van der Waals surface area contributed by atoms with Gasteiger partial charge in [-0.25, -0.2) is 25.7 Å². The molecule has 0 aliphatic carbocycles. The van der Waals surface area contributed by atoms with E-state index in [1.807, 2.05) is 20.8 Å². The number of carbonyl (C=O) groups is 1. The summed E-state index contributed by atoms with van der Waals surface area (Å²) in [6, 6.07) is 13.6. The molecule has 0 amide bonds. The number of pyridine rings is 1. The van der Waals surface area contributed by atoms with Crippen LogP contribution in [0.25, 0.3) is 22.0 Å². The summed E-state index contributed by atoms with van der Waals surface area (Å²) in [5.41, 5.74) is 2.32. The van der Waals surface area contributed by atoms with E-state index in [0.29, 0.717) is 33.3 Å². The highest BCUT2D eigenvalue weighted by molar-refractivity contribution is 7.89. The first-order valence-electron chi connectivity index (χ1n) is 13.3. The fourth-order valence-electron chi connectivity index (χ4n) is 4.36. The van der Waals surface area contributed by atoms with Crippen molar-refractivity contribution < 1.29 is 31.3 Å². The zero-order valence-electron chi connectivity index (χ0n) is 24.1. The van der Waals surface area contributed by atoms with Crippen LogP contribution in [0.1, 0.15) is 44.5 Å². The molecule has 0 radical (unpaired) electrons. The van der Waals surface area contributed by atoms with E-state index in [0.717, 1.165) is 10.2 Å². The molecule has 2 aromatic carbocycles. The average molecular weight is 616 g/mol. The van der Waals surface area contributed by atoms with E-state index in [9.17, 15) is 17.4 Å². The Labute approximate surface area is 247 Å². The number of para-hydroxylation sites is 1. The van der Waals surface area contributed by atoms with Gasteiger partial charge >= 0.3 is 5.97 Å². The number of halogens is 1. The molecule has 0 saturated carbocycles. The second kappa shape index (κ2) is 12.7. The van der Waals surface area contributed by atoms with Crippen LogP contribution in [0.2, 0.25) is 0 Å². The summed E-state index contributed by atoms with van der Waals surface area (Å²) in [6.07, 6.45) is 4.01. The fraction of sp³-hybridized carbons (Fsp3) is 0.333. The Bertz CT molecular complexity index is 1750. The Hall–Kier alpha value is -3.61. The van der Waals surface area contributed by atoms with Crippen LogP contribution in [0.4, 0.5) is 4.39 Å². The smallest absolute Gasteiger partial charge is 0.310 e. The number of carbonyl (C=O) groups excluding carboxylic acids is 1. The summed E-state index contributed by atoms with van der Waals surface area (Å²) in [4.78, 5) is 16.2. The monoisotopic (exact) mass is 615 g/mol. The highest BCUT2D eigenvalue weighted by atomic mass is 32.2. The lowest BCUT2D eigenvalue weighted by atomic mass is 9.98. The Morgan fingerprint density at radius 2 is 1.86 bits per heavy atom. The van der Waals surface area contributed by atoms with Crippen molar-refractivity contribution in [1.29, 1.82) is 0 Å². The molecular weight excluding hydrogens is 581 g/mol. The van der Waals surface area contributed by atoms with E-state index in [2.05, 4.69) is 9.71 Å². The van der Waals surface area contributed by atoms with Crippen LogP contribution in [0, 0.1) is 5.82 Å². The molecule has 2 aromatic heterocycles. The number of fused-ring (bicyclic) bond motifs is 1. The number of ether oxygens (including phenoxy) is 2. The molecule has 1 N–H and O–H groups in total. The van der Waals surface area contributed by atoms with Crippen molar-refractivity contribution >= 4 is 37.9 Å². The van der Waals surface area contributed by atoms with Crippen molar-refractivity contribution in [3.05, 3.63) is 83.6 Å². The number of nitrogens with zero attached hydrogens (tertiary/aromatic N) is 2. The van der Waals surface area contributed by atoms with Crippen LogP contribution in [0.15, 0.2) is 60.9 Å². The van der Waals surface area contributed by atoms with Crippen LogP contribution in [-0.2, 0) is 50.1 Å². The number of aromatic nitrogens is 2. The highest BCUT2D eigenvalue weighted by Crippen LogP contribution is 2.34. The normalized spacial score (nSPS) is 12.8. The molecule has 12 heteroatoms. The molecule has 0 bridgehead atoms. The lowest BCUT2D eigenvalue weighted by Crippen LogP contribution is -2.33. The van der Waals surface area contributed by atoms with Crippen LogP contribution in [-0.4, -0.2) is 45.2 Å². The maximum absolute atomic E-state index is 15.9. The Balaban J connectivity index is 1.74. The molecule has 42 heavy (non-hydrogen) atoms. The van der Waals surface area contributed by atoms with Gasteiger partial charge in [0.05, 0.1) is 52.8 Å². The van der Waals surface area contributed by atoms with Crippen molar-refractivity contribution in [2.24, 2.45) is 0 Å². The van der Waals surface area contributed by atoms with E-state index in [-0.39, 0.29) is 43.4 Å². The largest absolute Gasteiger partial charge is 0.489 e. The predicted molar refractivity (Wildman–Crippen MR) is 161 cm³/mol. The van der Waals surface area contributed by atoms with Gasteiger partial charge in [0, 0.05) is 28.9 Å². The Kier molecular flexibility index (Phi) is 9.49. The third-order valence-corrected chi connectivity index (χ3v) is 8.93. The number of rotatable bonds is 11. The van der Waals surface area contributed by atoms with Gasteiger partial charge in [-0.3, -0.25) is 9.78 Å². The van der Waals surface area contributed by atoms with Crippen molar-refractivity contribution in [2.45, 2.75) is 52.0 Å². The fourth-order valence-corrected chi connectivity index (χ4v) is 5.85. The molecule has 4 rings (SSSR count). The van der Waals surface area contributed by atoms with E-state index in [1.165, 1.54) is 18.5 Å². The van der Waals surface area contributed by atoms with Gasteiger partial charge in [0.2, 0.25) is 10.0 Å². The van der Waals surface area contributed by atoms with E-state index < -0.39 is 31.6 Å². The minimum Gasteiger partial charge on any atom is -0.489 e. The first kappa shape index (κ1) is 31.3. The summed E-state index contributed by atoms with van der Waals surface area (Å²) in [5.74, 6) is -0.517. The first-order valence-corrected chi connectivity index (χ1v) is 16.3. The summed E-state index contributed by atoms with van der Waals surface area (Å²) in [6.45, 7) is 7.38. The zero-order valence-corrected chi connectivity index (χ0v) is 25.8. The van der Waals surface area contributed by atoms with Gasteiger partial charge in [0.1, 0.15) is 12.4 Å². The maximum atomic E-state index is 15.9. The SMILES string of the molecule is CCOC(=O)Cc1ccccc1OCc1cc(-c2ccnc(CNS(=O)C(C)(C)C)c2F)c2ccn(S(C)(=O)=O)c2c1. The minimum atomic E-state index is -3.67. The molecule has 0 aliphatic heterocycles. The van der Waals surface area contributed by atoms with Crippen molar-refractivity contribution in [3.63, 3.8) is 0 Å². The van der Waals surface area contributed by atoms with Gasteiger partial charge in [-0.2, -0.15) is 0 Å². The van der Waals surface area contributed by atoms with E-state index >= 15 is 4.39 Å². The molecule has 1 unspecified atom stereocenters. The molecule has 0 fully saturated rings. The second-order valence-corrected chi connectivity index (χ2v) is 14.6. The second-order valence-electron chi connectivity index (χ2n) is 10.7. The lowest BCUT2D eigenvalue weighted by Gasteiger charge is -2.18. The number of esters is 1. The van der Waals surface area contributed by atoms with E-state index in [1.54, 1.807) is 49.4 Å². The third kappa shape index (κ3) is 7.23. The number of nitrogens with one attached hydrogen (secondary N) is 1. The van der Waals surface area contributed by atoms with E-state index in [4.69, 9.17) is 9.47 Å².